The number of phenolic OH excluding ortho intramolecular Hbond substituents is 2. The van der Waals surface area contributed by atoms with Gasteiger partial charge in [0.05, 0.1) is 0 Å². The number of allylic oxidation sites excluding steroid dienone is 1. The highest BCUT2D eigenvalue weighted by molar-refractivity contribution is 5.93. The van der Waals surface area contributed by atoms with Gasteiger partial charge in [0.2, 0.25) is 0 Å². The summed E-state index contributed by atoms with van der Waals surface area (Å²) in [5.74, 6) is -0.203. The van der Waals surface area contributed by atoms with Crippen molar-refractivity contribution in [2.75, 3.05) is 0 Å². The highest BCUT2D eigenvalue weighted by atomic mass is 16.3. The molecule has 24 heavy (non-hydrogen) atoms. The Kier molecular flexibility index (Phi) is 10.7. The summed E-state index contributed by atoms with van der Waals surface area (Å²) in [5, 5.41) is 18.6. The number of aromatic hydroxyl groups is 2. The first kappa shape index (κ1) is 20.3. The van der Waals surface area contributed by atoms with E-state index in [1.807, 2.05) is 0 Å². The summed E-state index contributed by atoms with van der Waals surface area (Å²) in [4.78, 5) is 11.8. The van der Waals surface area contributed by atoms with Crippen molar-refractivity contribution in [3.63, 3.8) is 0 Å². The number of hydrogen-bond donors (Lipinski definition) is 2. The largest absolute Gasteiger partial charge is 0.504 e. The molecule has 1 aromatic rings. The van der Waals surface area contributed by atoms with Gasteiger partial charge in [0.25, 0.3) is 0 Å². The van der Waals surface area contributed by atoms with E-state index < -0.39 is 0 Å². The molecule has 0 amide bonds. The molecule has 1 aromatic carbocycles. The molecule has 1 rings (SSSR count). The molecule has 0 aromatic heterocycles. The lowest BCUT2D eigenvalue weighted by atomic mass is 10.0. The van der Waals surface area contributed by atoms with E-state index in [9.17, 15) is 15.0 Å². The molecule has 0 spiro atoms. The number of ketones is 1. The van der Waals surface area contributed by atoms with Crippen LogP contribution in [0.25, 0.3) is 6.08 Å². The van der Waals surface area contributed by atoms with Crippen molar-refractivity contribution in [3.05, 3.63) is 29.8 Å². The predicted octanol–water partition coefficient (Wildman–Crippen LogP) is 5.99. The van der Waals surface area contributed by atoms with Crippen LogP contribution in [0.2, 0.25) is 0 Å². The standard InChI is InChI=1S/C21H32O3/c1-2-3-4-5-6-7-8-9-10-11-12-19(22)15-13-18-14-16-20(23)21(24)17-18/h13-17,23-24H,2-12H2,1H3/b15-13+. The van der Waals surface area contributed by atoms with Gasteiger partial charge in [-0.15, -0.1) is 0 Å². The van der Waals surface area contributed by atoms with Gasteiger partial charge in [0, 0.05) is 6.42 Å². The molecule has 0 saturated heterocycles. The van der Waals surface area contributed by atoms with Crippen molar-refractivity contribution in [1.29, 1.82) is 0 Å². The van der Waals surface area contributed by atoms with Gasteiger partial charge in [0.15, 0.2) is 17.3 Å². The minimum atomic E-state index is -0.167. The van der Waals surface area contributed by atoms with Crippen LogP contribution in [0.15, 0.2) is 24.3 Å². The Bertz CT molecular complexity index is 506. The zero-order chi connectivity index (χ0) is 17.6. The fourth-order valence-corrected chi connectivity index (χ4v) is 2.70. The fraction of sp³-hybridized carbons (Fsp3) is 0.571. The predicted molar refractivity (Wildman–Crippen MR) is 100 cm³/mol. The summed E-state index contributed by atoms with van der Waals surface area (Å²) >= 11 is 0. The van der Waals surface area contributed by atoms with Crippen molar-refractivity contribution in [2.45, 2.75) is 77.6 Å². The maximum absolute atomic E-state index is 11.8. The smallest absolute Gasteiger partial charge is 0.157 e. The molecule has 0 aliphatic heterocycles. The Hall–Kier alpha value is -1.77. The third kappa shape index (κ3) is 9.39. The first-order valence-electron chi connectivity index (χ1n) is 9.36. The minimum absolute atomic E-state index is 0.113. The van der Waals surface area contributed by atoms with Gasteiger partial charge in [-0.2, -0.15) is 0 Å². The van der Waals surface area contributed by atoms with E-state index in [2.05, 4.69) is 6.92 Å². The van der Waals surface area contributed by atoms with E-state index in [0.29, 0.717) is 12.0 Å². The Morgan fingerprint density at radius 2 is 1.46 bits per heavy atom. The second-order valence-electron chi connectivity index (χ2n) is 6.48. The highest BCUT2D eigenvalue weighted by Gasteiger charge is 2.00. The molecular weight excluding hydrogens is 300 g/mol. The van der Waals surface area contributed by atoms with Crippen molar-refractivity contribution in [1.82, 2.24) is 0 Å². The van der Waals surface area contributed by atoms with Gasteiger partial charge in [-0.3, -0.25) is 4.79 Å². The van der Waals surface area contributed by atoms with Crippen molar-refractivity contribution < 1.29 is 15.0 Å². The Morgan fingerprint density at radius 1 is 0.875 bits per heavy atom. The number of benzene rings is 1. The van der Waals surface area contributed by atoms with Gasteiger partial charge in [0.1, 0.15) is 0 Å². The maximum Gasteiger partial charge on any atom is 0.157 e. The number of unbranched alkanes of at least 4 members (excludes halogenated alkanes) is 9. The molecule has 0 saturated carbocycles. The summed E-state index contributed by atoms with van der Waals surface area (Å²) in [7, 11) is 0. The van der Waals surface area contributed by atoms with Crippen molar-refractivity contribution in [3.8, 4) is 11.5 Å². The molecule has 3 nitrogen and oxygen atoms in total. The monoisotopic (exact) mass is 332 g/mol. The van der Waals surface area contributed by atoms with Crippen LogP contribution in [0.1, 0.15) is 83.1 Å². The minimum Gasteiger partial charge on any atom is -0.504 e. The number of carbonyl (C=O) groups is 1. The number of carbonyl (C=O) groups excluding carboxylic acids is 1. The van der Waals surface area contributed by atoms with Crippen LogP contribution < -0.4 is 0 Å². The van der Waals surface area contributed by atoms with E-state index in [1.165, 1.54) is 63.5 Å². The van der Waals surface area contributed by atoms with E-state index >= 15 is 0 Å². The van der Waals surface area contributed by atoms with Gasteiger partial charge < -0.3 is 10.2 Å². The summed E-state index contributed by atoms with van der Waals surface area (Å²) in [6.45, 7) is 2.24. The fourth-order valence-electron chi connectivity index (χ4n) is 2.70. The zero-order valence-electron chi connectivity index (χ0n) is 15.0. The molecule has 134 valence electrons. The van der Waals surface area contributed by atoms with Gasteiger partial charge in [-0.1, -0.05) is 76.9 Å². The van der Waals surface area contributed by atoms with E-state index in [1.54, 1.807) is 18.2 Å². The number of hydrogen-bond acceptors (Lipinski definition) is 3. The molecule has 0 radical (unpaired) electrons. The Morgan fingerprint density at radius 3 is 2.04 bits per heavy atom. The molecule has 0 aliphatic carbocycles. The summed E-state index contributed by atoms with van der Waals surface area (Å²) in [6, 6.07) is 4.53. The third-order valence-electron chi connectivity index (χ3n) is 4.24. The van der Waals surface area contributed by atoms with E-state index in [-0.39, 0.29) is 17.3 Å². The summed E-state index contributed by atoms with van der Waals surface area (Å²) < 4.78 is 0. The SMILES string of the molecule is CCCCCCCCCCCCC(=O)/C=C/c1ccc(O)c(O)c1. The van der Waals surface area contributed by atoms with Crippen LogP contribution in [0.3, 0.4) is 0 Å². The molecule has 0 fully saturated rings. The highest BCUT2D eigenvalue weighted by Crippen LogP contribution is 2.25. The molecule has 0 unspecified atom stereocenters. The average molecular weight is 332 g/mol. The van der Waals surface area contributed by atoms with Crippen LogP contribution in [-0.2, 0) is 4.79 Å². The first-order valence-corrected chi connectivity index (χ1v) is 9.36. The lowest BCUT2D eigenvalue weighted by molar-refractivity contribution is -0.114. The molecular formula is C21H32O3. The quantitative estimate of drug-likeness (QED) is 0.265. The molecule has 0 aliphatic rings. The molecule has 0 heterocycles. The van der Waals surface area contributed by atoms with E-state index in [4.69, 9.17) is 0 Å². The van der Waals surface area contributed by atoms with Crippen LogP contribution >= 0.6 is 0 Å². The van der Waals surface area contributed by atoms with Gasteiger partial charge >= 0.3 is 0 Å². The van der Waals surface area contributed by atoms with E-state index in [0.717, 1.165) is 12.8 Å². The number of phenols is 2. The van der Waals surface area contributed by atoms with Crippen LogP contribution in [-0.4, -0.2) is 16.0 Å². The van der Waals surface area contributed by atoms with Crippen LogP contribution in [0.5, 0.6) is 11.5 Å². The zero-order valence-corrected chi connectivity index (χ0v) is 15.0. The first-order chi connectivity index (χ1) is 11.6. The second-order valence-corrected chi connectivity index (χ2v) is 6.48. The van der Waals surface area contributed by atoms with Crippen LogP contribution in [0.4, 0.5) is 0 Å². The molecule has 0 atom stereocenters. The van der Waals surface area contributed by atoms with Crippen molar-refractivity contribution in [2.24, 2.45) is 0 Å². The topological polar surface area (TPSA) is 57.5 Å². The molecule has 0 bridgehead atoms. The molecule has 2 N–H and O–H groups in total. The number of rotatable bonds is 13. The Labute approximate surface area is 146 Å². The maximum atomic E-state index is 11.8. The third-order valence-corrected chi connectivity index (χ3v) is 4.24. The average Bonchev–Trinajstić information content (AvgIpc) is 2.57. The lowest BCUT2D eigenvalue weighted by Gasteiger charge is -2.01. The van der Waals surface area contributed by atoms with Crippen molar-refractivity contribution >= 4 is 11.9 Å². The Balaban J connectivity index is 2.05. The molecule has 3 heteroatoms. The van der Waals surface area contributed by atoms with Gasteiger partial charge in [-0.25, -0.2) is 0 Å². The second kappa shape index (κ2) is 12.6. The summed E-state index contributed by atoms with van der Waals surface area (Å²) in [6.07, 6.45) is 16.4. The lowest BCUT2D eigenvalue weighted by Crippen LogP contribution is -1.92. The van der Waals surface area contributed by atoms with Crippen LogP contribution in [0, 0.1) is 0 Å². The summed E-state index contributed by atoms with van der Waals surface area (Å²) in [5.41, 5.74) is 0.710. The normalized spacial score (nSPS) is 11.2. The van der Waals surface area contributed by atoms with Gasteiger partial charge in [-0.05, 0) is 30.2 Å².